The third-order valence-electron chi connectivity index (χ3n) is 1.42. The quantitative estimate of drug-likeness (QED) is 0.714. The van der Waals surface area contributed by atoms with E-state index in [1.165, 1.54) is 7.11 Å². The summed E-state index contributed by atoms with van der Waals surface area (Å²) in [5.74, 6) is -1.13. The second-order valence-corrected chi connectivity index (χ2v) is 2.98. The Kier molecular flexibility index (Phi) is 2.72. The van der Waals surface area contributed by atoms with Crippen molar-refractivity contribution in [1.82, 2.24) is 4.98 Å². The van der Waals surface area contributed by atoms with Crippen LogP contribution in [0.1, 0.15) is 10.4 Å². The highest BCUT2D eigenvalue weighted by Gasteiger charge is 2.15. The minimum absolute atomic E-state index is 0.0876. The zero-order chi connectivity index (χ0) is 10.0. The van der Waals surface area contributed by atoms with Crippen LogP contribution in [0.2, 0.25) is 0 Å². The summed E-state index contributed by atoms with van der Waals surface area (Å²) in [4.78, 5) is 24.1. The lowest BCUT2D eigenvalue weighted by atomic mass is 10.2. The Labute approximate surface area is 81.5 Å². The number of hydrogen-bond donors (Lipinski definition) is 2. The first-order chi connectivity index (χ1) is 6.07. The van der Waals surface area contributed by atoms with Crippen molar-refractivity contribution in [2.75, 3.05) is 7.11 Å². The zero-order valence-corrected chi connectivity index (χ0v) is 8.21. The van der Waals surface area contributed by atoms with Crippen molar-refractivity contribution in [3.63, 3.8) is 0 Å². The van der Waals surface area contributed by atoms with E-state index in [0.717, 1.165) is 6.20 Å². The zero-order valence-electron chi connectivity index (χ0n) is 6.63. The van der Waals surface area contributed by atoms with E-state index in [-0.39, 0.29) is 10.0 Å². The number of rotatable bonds is 1. The molecular formula is C7H6BrNO4. The van der Waals surface area contributed by atoms with Gasteiger partial charge in [-0.25, -0.2) is 4.79 Å². The summed E-state index contributed by atoms with van der Waals surface area (Å²) in [5.41, 5.74) is -0.598. The molecule has 0 aliphatic carbocycles. The molecule has 0 unspecified atom stereocenters. The SMILES string of the molecule is COC(=O)c1c[nH]c(=O)c(Br)c1O. The summed E-state index contributed by atoms with van der Waals surface area (Å²) >= 11 is 2.83. The van der Waals surface area contributed by atoms with Crippen molar-refractivity contribution >= 4 is 21.9 Å². The van der Waals surface area contributed by atoms with Crippen molar-refractivity contribution in [1.29, 1.82) is 0 Å². The highest BCUT2D eigenvalue weighted by molar-refractivity contribution is 9.10. The van der Waals surface area contributed by atoms with Crippen LogP contribution in [0.15, 0.2) is 15.5 Å². The Morgan fingerprint density at radius 3 is 2.85 bits per heavy atom. The predicted molar refractivity (Wildman–Crippen MR) is 47.8 cm³/mol. The molecule has 0 atom stereocenters. The third-order valence-corrected chi connectivity index (χ3v) is 2.15. The number of aromatic amines is 1. The second-order valence-electron chi connectivity index (χ2n) is 2.19. The molecule has 0 saturated carbocycles. The van der Waals surface area contributed by atoms with Crippen LogP contribution < -0.4 is 5.56 Å². The molecule has 1 rings (SSSR count). The van der Waals surface area contributed by atoms with Crippen LogP contribution >= 0.6 is 15.9 Å². The van der Waals surface area contributed by atoms with Crippen molar-refractivity contribution in [3.05, 3.63) is 26.6 Å². The molecule has 0 bridgehead atoms. The van der Waals surface area contributed by atoms with Gasteiger partial charge < -0.3 is 14.8 Å². The maximum atomic E-state index is 11.0. The summed E-state index contributed by atoms with van der Waals surface area (Å²) in [7, 11) is 1.18. The Morgan fingerprint density at radius 2 is 2.31 bits per heavy atom. The monoisotopic (exact) mass is 247 g/mol. The number of aromatic nitrogens is 1. The number of nitrogens with one attached hydrogen (secondary N) is 1. The Balaban J connectivity index is 3.34. The number of esters is 1. The standard InChI is InChI=1S/C7H6BrNO4/c1-13-7(12)3-2-9-6(11)4(8)5(3)10/h2H,1H3,(H2,9,10,11). The first kappa shape index (κ1) is 9.79. The van der Waals surface area contributed by atoms with Gasteiger partial charge in [-0.1, -0.05) is 0 Å². The van der Waals surface area contributed by atoms with Gasteiger partial charge in [-0.05, 0) is 15.9 Å². The average molecular weight is 248 g/mol. The summed E-state index contributed by atoms with van der Waals surface area (Å²) in [6.45, 7) is 0. The lowest BCUT2D eigenvalue weighted by Gasteiger charge is -2.02. The molecule has 2 N–H and O–H groups in total. The summed E-state index contributed by atoms with van der Waals surface area (Å²) < 4.78 is 4.28. The minimum Gasteiger partial charge on any atom is -0.506 e. The van der Waals surface area contributed by atoms with Crippen LogP contribution in [-0.2, 0) is 4.74 Å². The lowest BCUT2D eigenvalue weighted by molar-refractivity contribution is 0.0596. The van der Waals surface area contributed by atoms with Gasteiger partial charge in [-0.3, -0.25) is 4.79 Å². The van der Waals surface area contributed by atoms with Crippen molar-refractivity contribution in [3.8, 4) is 5.75 Å². The molecule has 0 saturated heterocycles. The van der Waals surface area contributed by atoms with E-state index in [0.29, 0.717) is 0 Å². The van der Waals surface area contributed by atoms with Gasteiger partial charge >= 0.3 is 5.97 Å². The number of aromatic hydroxyl groups is 1. The molecule has 0 fully saturated rings. The fraction of sp³-hybridized carbons (Fsp3) is 0.143. The van der Waals surface area contributed by atoms with Crippen molar-refractivity contribution in [2.45, 2.75) is 0 Å². The molecule has 1 aromatic rings. The summed E-state index contributed by atoms with van der Waals surface area (Å²) in [6, 6.07) is 0. The van der Waals surface area contributed by atoms with Crippen LogP contribution in [0, 0.1) is 0 Å². The van der Waals surface area contributed by atoms with Gasteiger partial charge in [0.2, 0.25) is 0 Å². The molecule has 5 nitrogen and oxygen atoms in total. The van der Waals surface area contributed by atoms with Gasteiger partial charge in [0.05, 0.1) is 7.11 Å². The Hall–Kier alpha value is -1.30. The van der Waals surface area contributed by atoms with E-state index in [1.807, 2.05) is 0 Å². The largest absolute Gasteiger partial charge is 0.506 e. The number of hydrogen-bond acceptors (Lipinski definition) is 4. The van der Waals surface area contributed by atoms with Gasteiger partial charge in [-0.2, -0.15) is 0 Å². The number of methoxy groups -OCH3 is 1. The van der Waals surface area contributed by atoms with E-state index < -0.39 is 17.3 Å². The molecule has 0 aliphatic heterocycles. The number of H-pyrrole nitrogens is 1. The molecule has 13 heavy (non-hydrogen) atoms. The minimum atomic E-state index is -0.713. The van der Waals surface area contributed by atoms with Crippen LogP contribution in [0.5, 0.6) is 5.75 Å². The fourth-order valence-electron chi connectivity index (χ4n) is 0.761. The highest BCUT2D eigenvalue weighted by Crippen LogP contribution is 2.23. The van der Waals surface area contributed by atoms with Crippen LogP contribution in [0.25, 0.3) is 0 Å². The normalized spacial score (nSPS) is 9.69. The molecule has 0 radical (unpaired) electrons. The fourth-order valence-corrected chi connectivity index (χ4v) is 1.09. The molecule has 6 heteroatoms. The molecule has 0 aliphatic rings. The molecule has 0 aromatic carbocycles. The smallest absolute Gasteiger partial charge is 0.343 e. The molecular weight excluding hydrogens is 242 g/mol. The average Bonchev–Trinajstić information content (AvgIpc) is 2.13. The van der Waals surface area contributed by atoms with Gasteiger partial charge in [0.25, 0.3) is 5.56 Å². The third kappa shape index (κ3) is 1.72. The number of carbonyl (C=O) groups excluding carboxylic acids is 1. The maximum absolute atomic E-state index is 11.0. The molecule has 0 amide bonds. The molecule has 70 valence electrons. The van der Waals surface area contributed by atoms with E-state index in [2.05, 4.69) is 25.7 Å². The lowest BCUT2D eigenvalue weighted by Crippen LogP contribution is -2.11. The van der Waals surface area contributed by atoms with Crippen molar-refractivity contribution < 1.29 is 14.6 Å². The van der Waals surface area contributed by atoms with E-state index >= 15 is 0 Å². The van der Waals surface area contributed by atoms with Crippen LogP contribution in [0.4, 0.5) is 0 Å². The second kappa shape index (κ2) is 3.61. The van der Waals surface area contributed by atoms with E-state index in [1.54, 1.807) is 0 Å². The first-order valence-electron chi connectivity index (χ1n) is 3.26. The van der Waals surface area contributed by atoms with Gasteiger partial charge in [0.1, 0.15) is 10.0 Å². The van der Waals surface area contributed by atoms with Crippen LogP contribution in [-0.4, -0.2) is 23.2 Å². The maximum Gasteiger partial charge on any atom is 0.343 e. The Bertz CT molecular complexity index is 398. The van der Waals surface area contributed by atoms with Gasteiger partial charge in [0.15, 0.2) is 5.75 Å². The number of ether oxygens (including phenoxy) is 1. The highest BCUT2D eigenvalue weighted by atomic mass is 79.9. The van der Waals surface area contributed by atoms with E-state index in [9.17, 15) is 14.7 Å². The van der Waals surface area contributed by atoms with Crippen molar-refractivity contribution in [2.24, 2.45) is 0 Å². The number of carbonyl (C=O) groups is 1. The molecule has 0 spiro atoms. The summed E-state index contributed by atoms with van der Waals surface area (Å²) in [6.07, 6.45) is 1.09. The topological polar surface area (TPSA) is 79.4 Å². The van der Waals surface area contributed by atoms with Gasteiger partial charge in [0, 0.05) is 6.20 Å². The van der Waals surface area contributed by atoms with Gasteiger partial charge in [-0.15, -0.1) is 0 Å². The first-order valence-corrected chi connectivity index (χ1v) is 4.05. The predicted octanol–water partition coefficient (Wildman–Crippen LogP) is 0.630. The summed E-state index contributed by atoms with van der Waals surface area (Å²) in [5, 5.41) is 9.31. The molecule has 1 heterocycles. The van der Waals surface area contributed by atoms with Crippen LogP contribution in [0.3, 0.4) is 0 Å². The number of halogens is 1. The number of pyridine rings is 1. The molecule has 1 aromatic heterocycles. The Morgan fingerprint density at radius 1 is 1.69 bits per heavy atom. The van der Waals surface area contributed by atoms with E-state index in [4.69, 9.17) is 0 Å².